The van der Waals surface area contributed by atoms with Crippen LogP contribution in [0.4, 0.5) is 5.69 Å². The molecule has 0 aliphatic heterocycles. The lowest BCUT2D eigenvalue weighted by Gasteiger charge is -1.85. The first kappa shape index (κ1) is 20.5. The molecule has 0 N–H and O–H groups in total. The summed E-state index contributed by atoms with van der Waals surface area (Å²) in [6.45, 7) is 8.00. The number of nitro groups is 1. The molecule has 0 radical (unpaired) electrons. The van der Waals surface area contributed by atoms with Gasteiger partial charge in [0.05, 0.1) is 4.92 Å². The second-order valence-corrected chi connectivity index (χ2v) is 1.59. The van der Waals surface area contributed by atoms with Gasteiger partial charge >= 0.3 is 0 Å². The maximum atomic E-state index is 10.0. The van der Waals surface area contributed by atoms with Crippen LogP contribution in [0.3, 0.4) is 0 Å². The standard InChI is InChI=1S/C6H5NO2.2C2H6.I2/c8-7(9)6-4-2-1-3-5-6;3*1-2/h1-5H;2*1-2H3;. The van der Waals surface area contributed by atoms with Gasteiger partial charge in [-0.25, -0.2) is 0 Å². The Labute approximate surface area is 115 Å². The Morgan fingerprint density at radius 1 is 1.00 bits per heavy atom. The Balaban J connectivity index is -0.000000208. The number of hydrogen-bond donors (Lipinski definition) is 0. The summed E-state index contributed by atoms with van der Waals surface area (Å²) in [6.07, 6.45) is 0. The summed E-state index contributed by atoms with van der Waals surface area (Å²) < 4.78 is 0. The average Bonchev–Trinajstić information content (AvgIpc) is 2.38. The lowest BCUT2D eigenvalue weighted by atomic mass is 10.3. The maximum absolute atomic E-state index is 10.0. The number of para-hydroxylation sites is 1. The molecule has 88 valence electrons. The second kappa shape index (κ2) is 19.6. The van der Waals surface area contributed by atoms with Crippen LogP contribution in [-0.2, 0) is 0 Å². The predicted molar refractivity (Wildman–Crippen MR) is 83.8 cm³/mol. The number of hydrogen-bond acceptors (Lipinski definition) is 2. The van der Waals surface area contributed by atoms with E-state index in [1.54, 1.807) is 18.2 Å². The van der Waals surface area contributed by atoms with E-state index in [-0.39, 0.29) is 5.69 Å². The first-order valence-corrected chi connectivity index (χ1v) is 10.9. The molecule has 5 heteroatoms. The van der Waals surface area contributed by atoms with Crippen LogP contribution in [0.1, 0.15) is 27.7 Å². The third kappa shape index (κ3) is 14.1. The van der Waals surface area contributed by atoms with Gasteiger partial charge in [-0.15, -0.1) is 0 Å². The van der Waals surface area contributed by atoms with E-state index in [0.29, 0.717) is 0 Å². The van der Waals surface area contributed by atoms with E-state index >= 15 is 0 Å². The van der Waals surface area contributed by atoms with Gasteiger partial charge in [0.15, 0.2) is 0 Å². The lowest BCUT2D eigenvalue weighted by molar-refractivity contribution is -0.384. The van der Waals surface area contributed by atoms with Crippen LogP contribution in [0.2, 0.25) is 0 Å². The van der Waals surface area contributed by atoms with Gasteiger partial charge in [-0.1, -0.05) is 45.9 Å². The van der Waals surface area contributed by atoms with Crippen molar-refractivity contribution in [1.29, 1.82) is 0 Å². The molecule has 0 fully saturated rings. The molecule has 0 aliphatic carbocycles. The minimum Gasteiger partial charge on any atom is -0.258 e. The van der Waals surface area contributed by atoms with E-state index in [9.17, 15) is 10.1 Å². The van der Waals surface area contributed by atoms with Crippen LogP contribution in [-0.4, -0.2) is 4.92 Å². The van der Waals surface area contributed by atoms with Crippen molar-refractivity contribution in [3.63, 3.8) is 0 Å². The van der Waals surface area contributed by atoms with Gasteiger partial charge in [0.25, 0.3) is 5.69 Å². The van der Waals surface area contributed by atoms with Crippen LogP contribution in [0.15, 0.2) is 30.3 Å². The largest absolute Gasteiger partial charge is 0.269 e. The average molecular weight is 437 g/mol. The summed E-state index contributed by atoms with van der Waals surface area (Å²) in [6, 6.07) is 7.93. The van der Waals surface area contributed by atoms with Crippen molar-refractivity contribution >= 4 is 42.9 Å². The number of halogens is 2. The van der Waals surface area contributed by atoms with Gasteiger partial charge in [0.1, 0.15) is 0 Å². The number of non-ortho nitro benzene ring substituents is 1. The molecule has 0 saturated carbocycles. The van der Waals surface area contributed by atoms with E-state index in [2.05, 4.69) is 37.2 Å². The van der Waals surface area contributed by atoms with Crippen LogP contribution < -0.4 is 0 Å². The van der Waals surface area contributed by atoms with Gasteiger partial charge in [0.2, 0.25) is 0 Å². The number of nitrogens with zero attached hydrogens (tertiary/aromatic N) is 1. The highest BCUT2D eigenvalue weighted by molar-refractivity contribution is 15.0. The third-order valence-electron chi connectivity index (χ3n) is 0.967. The zero-order chi connectivity index (χ0) is 12.7. The summed E-state index contributed by atoms with van der Waals surface area (Å²) in [7, 11) is 0. The second-order valence-electron chi connectivity index (χ2n) is 1.59. The zero-order valence-corrected chi connectivity index (χ0v) is 13.7. The van der Waals surface area contributed by atoms with Gasteiger partial charge in [-0.3, -0.25) is 10.1 Å². The predicted octanol–water partition coefficient (Wildman–Crippen LogP) is 5.42. The van der Waals surface area contributed by atoms with Crippen molar-refractivity contribution in [2.45, 2.75) is 27.7 Å². The molecule has 3 nitrogen and oxygen atoms in total. The molecule has 0 spiro atoms. The Morgan fingerprint density at radius 3 is 1.53 bits per heavy atom. The topological polar surface area (TPSA) is 43.1 Å². The van der Waals surface area contributed by atoms with Crippen molar-refractivity contribution in [2.24, 2.45) is 0 Å². The molecule has 1 aromatic rings. The summed E-state index contributed by atoms with van der Waals surface area (Å²) >= 11 is 4.24. The monoisotopic (exact) mass is 437 g/mol. The van der Waals surface area contributed by atoms with E-state index < -0.39 is 4.92 Å². The Hall–Kier alpha value is 0.0800. The van der Waals surface area contributed by atoms with E-state index in [4.69, 9.17) is 0 Å². The SMILES string of the molecule is CC.CC.II.O=[N+]([O-])c1ccccc1. The summed E-state index contributed by atoms with van der Waals surface area (Å²) in [5.41, 5.74) is 0.137. The summed E-state index contributed by atoms with van der Waals surface area (Å²) in [4.78, 5) is 9.59. The number of nitro benzene ring substituents is 1. The zero-order valence-electron chi connectivity index (χ0n) is 9.41. The molecule has 1 aromatic carbocycles. The van der Waals surface area contributed by atoms with Crippen molar-refractivity contribution in [3.05, 3.63) is 40.4 Å². The minimum atomic E-state index is -0.417. The van der Waals surface area contributed by atoms with Gasteiger partial charge in [0, 0.05) is 49.4 Å². The quantitative estimate of drug-likeness (QED) is 0.335. The van der Waals surface area contributed by atoms with Gasteiger partial charge in [-0.2, -0.15) is 0 Å². The Bertz CT molecular complexity index is 218. The summed E-state index contributed by atoms with van der Waals surface area (Å²) in [5, 5.41) is 10.0. The molecule has 15 heavy (non-hydrogen) atoms. The van der Waals surface area contributed by atoms with Crippen molar-refractivity contribution in [1.82, 2.24) is 0 Å². The van der Waals surface area contributed by atoms with Crippen molar-refractivity contribution in [3.8, 4) is 0 Å². The molecule has 0 atom stereocenters. The first-order chi connectivity index (χ1) is 7.30. The molecule has 0 aliphatic rings. The molecule has 0 unspecified atom stereocenters. The van der Waals surface area contributed by atoms with Crippen molar-refractivity contribution in [2.75, 3.05) is 0 Å². The first-order valence-electron chi connectivity index (χ1n) is 4.64. The fourth-order valence-corrected chi connectivity index (χ4v) is 0.550. The molecule has 1 rings (SSSR count). The van der Waals surface area contributed by atoms with Gasteiger partial charge < -0.3 is 0 Å². The molecule has 0 aromatic heterocycles. The highest BCUT2D eigenvalue weighted by Crippen LogP contribution is 2.06. The highest BCUT2D eigenvalue weighted by Gasteiger charge is 1.98. The Kier molecular flexibility index (Phi) is 26.8. The number of benzene rings is 1. The minimum absolute atomic E-state index is 0.137. The molecule has 0 amide bonds. The fourth-order valence-electron chi connectivity index (χ4n) is 0.550. The van der Waals surface area contributed by atoms with Crippen LogP contribution in [0.25, 0.3) is 0 Å². The van der Waals surface area contributed by atoms with Crippen LogP contribution in [0, 0.1) is 10.1 Å². The number of rotatable bonds is 1. The molecule has 0 bridgehead atoms. The highest BCUT2D eigenvalue weighted by atomic mass is 128. The molecular weight excluding hydrogens is 420 g/mol. The molecular formula is C10H17I2NO2. The lowest BCUT2D eigenvalue weighted by Crippen LogP contribution is -1.84. The van der Waals surface area contributed by atoms with Crippen LogP contribution in [0.5, 0.6) is 0 Å². The Morgan fingerprint density at radius 2 is 1.33 bits per heavy atom. The molecule has 0 heterocycles. The van der Waals surface area contributed by atoms with E-state index in [1.807, 2.05) is 27.7 Å². The fraction of sp³-hybridized carbons (Fsp3) is 0.400. The van der Waals surface area contributed by atoms with Crippen molar-refractivity contribution < 1.29 is 4.92 Å². The normalized spacial score (nSPS) is 6.53. The smallest absolute Gasteiger partial charge is 0.258 e. The van der Waals surface area contributed by atoms with Gasteiger partial charge in [-0.05, 0) is 0 Å². The van der Waals surface area contributed by atoms with E-state index in [0.717, 1.165) is 0 Å². The third-order valence-corrected chi connectivity index (χ3v) is 0.967. The molecule has 0 saturated heterocycles. The summed E-state index contributed by atoms with van der Waals surface area (Å²) in [5.74, 6) is 0. The maximum Gasteiger partial charge on any atom is 0.269 e. The van der Waals surface area contributed by atoms with E-state index in [1.165, 1.54) is 12.1 Å². The van der Waals surface area contributed by atoms with Crippen LogP contribution >= 0.6 is 37.2 Å².